The van der Waals surface area contributed by atoms with E-state index in [-0.39, 0.29) is 0 Å². The van der Waals surface area contributed by atoms with Crippen molar-refractivity contribution in [3.05, 3.63) is 23.8 Å². The maximum atomic E-state index is 12.2. The number of benzene rings is 1. The molecule has 1 saturated heterocycles. The summed E-state index contributed by atoms with van der Waals surface area (Å²) in [6.07, 6.45) is 3.83. The Morgan fingerprint density at radius 2 is 1.95 bits per heavy atom. The molecule has 0 spiro atoms. The summed E-state index contributed by atoms with van der Waals surface area (Å²) in [6, 6.07) is 5.34. The van der Waals surface area contributed by atoms with Crippen LogP contribution in [0.4, 0.5) is 5.69 Å². The topological polar surface area (TPSA) is 51.1 Å². The first-order chi connectivity index (χ1) is 10.7. The molecule has 0 bridgehead atoms. The molecule has 5 heteroatoms. The van der Waals surface area contributed by atoms with Gasteiger partial charge in [-0.1, -0.05) is 0 Å². The first-order valence-corrected chi connectivity index (χ1v) is 8.17. The van der Waals surface area contributed by atoms with Gasteiger partial charge in [0, 0.05) is 0 Å². The number of quaternary nitrogens is 1. The number of ketones is 1. The third-order valence-corrected chi connectivity index (χ3v) is 4.50. The summed E-state index contributed by atoms with van der Waals surface area (Å²) in [6.45, 7) is 6.31. The minimum absolute atomic E-state index is 0.403. The van der Waals surface area contributed by atoms with Gasteiger partial charge in [-0.2, -0.15) is 0 Å². The van der Waals surface area contributed by atoms with Crippen molar-refractivity contribution in [1.82, 2.24) is 0 Å². The van der Waals surface area contributed by atoms with Gasteiger partial charge in [-0.15, -0.1) is 0 Å². The summed E-state index contributed by atoms with van der Waals surface area (Å²) < 4.78 is 5.42. The summed E-state index contributed by atoms with van der Waals surface area (Å²) in [5, 5.41) is 0. The lowest BCUT2D eigenvalue weighted by Crippen LogP contribution is -3.13. The molecule has 22 heavy (non-hydrogen) atoms. The van der Waals surface area contributed by atoms with Crippen molar-refractivity contribution < 1.29 is 19.2 Å². The zero-order valence-corrected chi connectivity index (χ0v) is 13.1. The molecule has 1 amide bonds. The number of carbonyl (C=O) groups excluding carboxylic acids is 2. The van der Waals surface area contributed by atoms with Crippen LogP contribution >= 0.6 is 0 Å². The van der Waals surface area contributed by atoms with Gasteiger partial charge in [-0.05, 0) is 44.4 Å². The number of fused-ring (bicyclic) bond motifs is 1. The highest BCUT2D eigenvalue weighted by Gasteiger charge is 2.36. The molecule has 118 valence electrons. The second-order valence-electron chi connectivity index (χ2n) is 5.96. The predicted molar refractivity (Wildman–Crippen MR) is 83.7 cm³/mol. The van der Waals surface area contributed by atoms with E-state index >= 15 is 0 Å². The fraction of sp³-hybridized carbons (Fsp3) is 0.529. The first-order valence-electron chi connectivity index (χ1n) is 8.17. The van der Waals surface area contributed by atoms with E-state index in [1.165, 1.54) is 37.3 Å². The van der Waals surface area contributed by atoms with Crippen molar-refractivity contribution in [1.29, 1.82) is 0 Å². The predicted octanol–water partition coefficient (Wildman–Crippen LogP) is 0.683. The Morgan fingerprint density at radius 3 is 2.68 bits per heavy atom. The van der Waals surface area contributed by atoms with Gasteiger partial charge in [0.25, 0.3) is 11.7 Å². The van der Waals surface area contributed by atoms with Crippen LogP contribution in [0.25, 0.3) is 0 Å². The summed E-state index contributed by atoms with van der Waals surface area (Å²) in [5.74, 6) is -0.170. The van der Waals surface area contributed by atoms with E-state index in [0.717, 1.165) is 12.2 Å². The molecular weight excluding hydrogens is 280 g/mol. The molecule has 0 saturated carbocycles. The average molecular weight is 303 g/mol. The number of hydrogen-bond donors (Lipinski definition) is 1. The van der Waals surface area contributed by atoms with E-state index in [1.54, 1.807) is 11.0 Å². The third-order valence-electron chi connectivity index (χ3n) is 4.50. The van der Waals surface area contributed by atoms with E-state index in [9.17, 15) is 9.59 Å². The molecule has 2 heterocycles. The highest BCUT2D eigenvalue weighted by molar-refractivity contribution is 6.52. The van der Waals surface area contributed by atoms with Crippen LogP contribution in [-0.4, -0.2) is 44.5 Å². The lowest BCUT2D eigenvalue weighted by Gasteiger charge is -2.25. The Kier molecular flexibility index (Phi) is 4.43. The Hall–Kier alpha value is -1.88. The Bertz CT molecular complexity index is 579. The normalized spacial score (nSPS) is 18.7. The van der Waals surface area contributed by atoms with E-state index in [4.69, 9.17) is 4.74 Å². The molecule has 2 aliphatic heterocycles. The number of piperidine rings is 1. The SMILES string of the molecule is CCOc1ccc2c(c1)C(=O)C(=O)N2CC[NH+]1CCCCC1. The number of ether oxygens (including phenoxy) is 1. The lowest BCUT2D eigenvalue weighted by atomic mass is 10.1. The molecule has 2 aliphatic rings. The van der Waals surface area contributed by atoms with Gasteiger partial charge in [0.15, 0.2) is 0 Å². The molecule has 0 unspecified atom stereocenters. The van der Waals surface area contributed by atoms with Crippen molar-refractivity contribution in [2.45, 2.75) is 26.2 Å². The van der Waals surface area contributed by atoms with E-state index < -0.39 is 11.7 Å². The summed E-state index contributed by atoms with van der Waals surface area (Å²) in [4.78, 5) is 27.6. The van der Waals surface area contributed by atoms with Gasteiger partial charge >= 0.3 is 0 Å². The van der Waals surface area contributed by atoms with Gasteiger partial charge in [0.2, 0.25) is 0 Å². The minimum atomic E-state index is -0.412. The first kappa shape index (κ1) is 15.0. The molecule has 1 aromatic rings. The average Bonchev–Trinajstić information content (AvgIpc) is 2.78. The van der Waals surface area contributed by atoms with Crippen molar-refractivity contribution >= 4 is 17.4 Å². The van der Waals surface area contributed by atoms with Crippen LogP contribution in [0.1, 0.15) is 36.5 Å². The minimum Gasteiger partial charge on any atom is -0.494 e. The summed E-state index contributed by atoms with van der Waals surface area (Å²) in [7, 11) is 0. The molecule has 3 rings (SSSR count). The zero-order valence-electron chi connectivity index (χ0n) is 13.1. The Balaban J connectivity index is 1.73. The third kappa shape index (κ3) is 2.86. The second-order valence-corrected chi connectivity index (χ2v) is 5.96. The second kappa shape index (κ2) is 6.48. The summed E-state index contributed by atoms with van der Waals surface area (Å²) >= 11 is 0. The molecular formula is C17H23N2O3+. The molecule has 1 fully saturated rings. The molecule has 0 radical (unpaired) electrons. The highest BCUT2D eigenvalue weighted by atomic mass is 16.5. The zero-order chi connectivity index (χ0) is 15.5. The van der Waals surface area contributed by atoms with Crippen LogP contribution in [0.5, 0.6) is 5.75 Å². The number of anilines is 1. The quantitative estimate of drug-likeness (QED) is 0.814. The van der Waals surface area contributed by atoms with Gasteiger partial charge in [-0.3, -0.25) is 14.5 Å². The fourth-order valence-electron chi connectivity index (χ4n) is 3.33. The number of rotatable bonds is 5. The number of carbonyl (C=O) groups is 2. The largest absolute Gasteiger partial charge is 0.494 e. The van der Waals surface area contributed by atoms with E-state index in [2.05, 4.69) is 0 Å². The van der Waals surface area contributed by atoms with E-state index in [0.29, 0.717) is 24.5 Å². The number of Topliss-reactive ketones (excluding diaryl/α,β-unsaturated/α-hetero) is 1. The molecule has 0 atom stereocenters. The summed E-state index contributed by atoms with van der Waals surface area (Å²) in [5.41, 5.74) is 1.21. The smallest absolute Gasteiger partial charge is 0.299 e. The van der Waals surface area contributed by atoms with Crippen molar-refractivity contribution in [2.75, 3.05) is 37.7 Å². The molecule has 1 aromatic carbocycles. The van der Waals surface area contributed by atoms with Crippen LogP contribution in [-0.2, 0) is 4.79 Å². The van der Waals surface area contributed by atoms with E-state index in [1.807, 2.05) is 19.1 Å². The number of amides is 1. The van der Waals surface area contributed by atoms with Gasteiger partial charge in [0.05, 0.1) is 44.0 Å². The number of likely N-dealkylation sites (tertiary alicyclic amines) is 1. The molecule has 5 nitrogen and oxygen atoms in total. The maximum absolute atomic E-state index is 12.2. The highest BCUT2D eigenvalue weighted by Crippen LogP contribution is 2.31. The molecule has 1 N–H and O–H groups in total. The van der Waals surface area contributed by atoms with Crippen LogP contribution in [0.2, 0.25) is 0 Å². The van der Waals surface area contributed by atoms with Gasteiger partial charge in [-0.25, -0.2) is 0 Å². The van der Waals surface area contributed by atoms with Crippen LogP contribution < -0.4 is 14.5 Å². The number of nitrogens with one attached hydrogen (secondary N) is 1. The lowest BCUT2D eigenvalue weighted by molar-refractivity contribution is -0.903. The standard InChI is InChI=1S/C17H22N2O3/c1-2-22-13-6-7-15-14(12-13)16(20)17(21)19(15)11-10-18-8-4-3-5-9-18/h6-7,12H,2-5,8-11H2,1H3/p+1. The molecule has 0 aromatic heterocycles. The fourth-order valence-corrected chi connectivity index (χ4v) is 3.33. The van der Waals surface area contributed by atoms with Crippen LogP contribution in [0.15, 0.2) is 18.2 Å². The van der Waals surface area contributed by atoms with Crippen LogP contribution in [0.3, 0.4) is 0 Å². The number of nitrogens with zero attached hydrogens (tertiary/aromatic N) is 1. The molecule has 0 aliphatic carbocycles. The maximum Gasteiger partial charge on any atom is 0.299 e. The van der Waals surface area contributed by atoms with Gasteiger partial charge in [0.1, 0.15) is 5.75 Å². The Morgan fingerprint density at radius 1 is 1.18 bits per heavy atom. The van der Waals surface area contributed by atoms with Crippen LogP contribution in [0, 0.1) is 0 Å². The van der Waals surface area contributed by atoms with Gasteiger partial charge < -0.3 is 9.64 Å². The Labute approximate surface area is 130 Å². The van der Waals surface area contributed by atoms with Crippen molar-refractivity contribution in [3.63, 3.8) is 0 Å². The van der Waals surface area contributed by atoms with Crippen molar-refractivity contribution in [3.8, 4) is 5.75 Å². The van der Waals surface area contributed by atoms with Crippen molar-refractivity contribution in [2.24, 2.45) is 0 Å². The number of hydrogen-bond acceptors (Lipinski definition) is 3. The monoisotopic (exact) mass is 303 g/mol.